The average molecular weight is 321 g/mol. The zero-order chi connectivity index (χ0) is 16.7. The number of aliphatic hydroxyl groups is 1. The zero-order valence-electron chi connectivity index (χ0n) is 13.5. The van der Waals surface area contributed by atoms with Crippen molar-refractivity contribution in [3.63, 3.8) is 0 Å². The molecule has 2 aromatic rings. The van der Waals surface area contributed by atoms with Gasteiger partial charge in [-0.3, -0.25) is 4.79 Å². The molecule has 2 atom stereocenters. The van der Waals surface area contributed by atoms with E-state index in [2.05, 4.69) is 15.5 Å². The van der Waals surface area contributed by atoms with Crippen LogP contribution in [0.4, 0.5) is 0 Å². The number of aromatic nitrogens is 2. The summed E-state index contributed by atoms with van der Waals surface area (Å²) in [6.45, 7) is 4.00. The molecule has 7 nitrogen and oxygen atoms in total. The van der Waals surface area contributed by atoms with Gasteiger partial charge in [-0.05, 0) is 24.5 Å². The Morgan fingerprint density at radius 3 is 2.96 bits per heavy atom. The number of aliphatic hydroxyl groups excluding tert-OH is 1. The molecule has 0 aliphatic carbocycles. The molecule has 2 N–H and O–H groups in total. The van der Waals surface area contributed by atoms with E-state index in [-0.39, 0.29) is 24.5 Å². The highest BCUT2D eigenvalue weighted by Crippen LogP contribution is 2.16. The minimum Gasteiger partial charge on any atom is -0.461 e. The fourth-order valence-electron chi connectivity index (χ4n) is 2.19. The molecule has 2 heterocycles. The summed E-state index contributed by atoms with van der Waals surface area (Å²) in [5.74, 6) is 1.61. The summed E-state index contributed by atoms with van der Waals surface area (Å²) in [6.07, 6.45) is 3.93. The van der Waals surface area contributed by atoms with E-state index in [1.807, 2.05) is 13.8 Å². The standard InChI is InChI=1S/C16H23N3O4/c1-3-11(2)12(10-20)17-14(21)7-4-8-15-18-16(19-23-15)13-6-5-9-22-13/h5-6,9,11-12,20H,3-4,7-8,10H2,1-2H3,(H,17,21). The Bertz CT molecular complexity index is 594. The third kappa shape index (κ3) is 4.92. The zero-order valence-corrected chi connectivity index (χ0v) is 13.5. The van der Waals surface area contributed by atoms with Crippen LogP contribution < -0.4 is 5.32 Å². The molecule has 2 aromatic heterocycles. The van der Waals surface area contributed by atoms with E-state index in [4.69, 9.17) is 8.94 Å². The maximum absolute atomic E-state index is 11.9. The first-order chi connectivity index (χ1) is 11.1. The predicted octanol–water partition coefficient (Wildman–Crippen LogP) is 2.18. The Labute approximate surface area is 135 Å². The fourth-order valence-corrected chi connectivity index (χ4v) is 2.19. The van der Waals surface area contributed by atoms with E-state index in [0.29, 0.717) is 36.7 Å². The molecule has 2 rings (SSSR count). The lowest BCUT2D eigenvalue weighted by molar-refractivity contribution is -0.122. The van der Waals surface area contributed by atoms with Crippen molar-refractivity contribution in [3.8, 4) is 11.6 Å². The second-order valence-corrected chi connectivity index (χ2v) is 5.58. The second-order valence-electron chi connectivity index (χ2n) is 5.58. The van der Waals surface area contributed by atoms with E-state index in [1.165, 1.54) is 0 Å². The van der Waals surface area contributed by atoms with Gasteiger partial charge in [0.05, 0.1) is 18.9 Å². The number of furan rings is 1. The number of hydrogen-bond acceptors (Lipinski definition) is 6. The molecular formula is C16H23N3O4. The van der Waals surface area contributed by atoms with E-state index in [9.17, 15) is 9.90 Å². The van der Waals surface area contributed by atoms with Crippen LogP contribution in [0.5, 0.6) is 0 Å². The Balaban J connectivity index is 1.75. The van der Waals surface area contributed by atoms with Crippen molar-refractivity contribution in [2.75, 3.05) is 6.61 Å². The summed E-state index contributed by atoms with van der Waals surface area (Å²) < 4.78 is 10.3. The van der Waals surface area contributed by atoms with Crippen LogP contribution in [0, 0.1) is 5.92 Å². The number of nitrogens with one attached hydrogen (secondary N) is 1. The van der Waals surface area contributed by atoms with Crippen LogP contribution in [0.25, 0.3) is 11.6 Å². The van der Waals surface area contributed by atoms with Crippen LogP contribution in [0.1, 0.15) is 39.0 Å². The summed E-state index contributed by atoms with van der Waals surface area (Å²) in [4.78, 5) is 16.1. The van der Waals surface area contributed by atoms with Gasteiger partial charge in [-0.15, -0.1) is 0 Å². The molecule has 0 aliphatic rings. The van der Waals surface area contributed by atoms with Gasteiger partial charge < -0.3 is 19.4 Å². The number of rotatable bonds is 9. The molecule has 0 aromatic carbocycles. The van der Waals surface area contributed by atoms with Crippen molar-refractivity contribution in [2.45, 2.75) is 45.6 Å². The Hall–Kier alpha value is -2.15. The van der Waals surface area contributed by atoms with E-state index in [0.717, 1.165) is 6.42 Å². The van der Waals surface area contributed by atoms with Crippen molar-refractivity contribution < 1.29 is 18.8 Å². The summed E-state index contributed by atoms with van der Waals surface area (Å²) >= 11 is 0. The molecular weight excluding hydrogens is 298 g/mol. The number of carbonyl (C=O) groups is 1. The van der Waals surface area contributed by atoms with Gasteiger partial charge in [-0.2, -0.15) is 4.98 Å². The lowest BCUT2D eigenvalue weighted by Crippen LogP contribution is -2.41. The number of carbonyl (C=O) groups excluding carboxylic acids is 1. The number of amides is 1. The predicted molar refractivity (Wildman–Crippen MR) is 83.4 cm³/mol. The van der Waals surface area contributed by atoms with Gasteiger partial charge >= 0.3 is 0 Å². The van der Waals surface area contributed by atoms with Crippen LogP contribution >= 0.6 is 0 Å². The monoisotopic (exact) mass is 321 g/mol. The van der Waals surface area contributed by atoms with Gasteiger partial charge in [0.15, 0.2) is 5.76 Å². The molecule has 7 heteroatoms. The van der Waals surface area contributed by atoms with Crippen LogP contribution in [-0.2, 0) is 11.2 Å². The first-order valence-corrected chi connectivity index (χ1v) is 7.90. The van der Waals surface area contributed by atoms with E-state index in [1.54, 1.807) is 18.4 Å². The van der Waals surface area contributed by atoms with Gasteiger partial charge in [0, 0.05) is 12.8 Å². The third-order valence-corrected chi connectivity index (χ3v) is 3.88. The van der Waals surface area contributed by atoms with Crippen LogP contribution in [-0.4, -0.2) is 33.8 Å². The van der Waals surface area contributed by atoms with Crippen LogP contribution in [0.2, 0.25) is 0 Å². The van der Waals surface area contributed by atoms with Crippen molar-refractivity contribution in [1.29, 1.82) is 0 Å². The molecule has 0 radical (unpaired) electrons. The molecule has 0 saturated heterocycles. The smallest absolute Gasteiger partial charge is 0.238 e. The van der Waals surface area contributed by atoms with Crippen molar-refractivity contribution in [3.05, 3.63) is 24.3 Å². The molecule has 2 unspecified atom stereocenters. The van der Waals surface area contributed by atoms with Gasteiger partial charge in [0.25, 0.3) is 0 Å². The van der Waals surface area contributed by atoms with Crippen molar-refractivity contribution in [2.24, 2.45) is 5.92 Å². The molecule has 23 heavy (non-hydrogen) atoms. The van der Waals surface area contributed by atoms with Gasteiger partial charge in [0.2, 0.25) is 17.6 Å². The maximum Gasteiger partial charge on any atom is 0.238 e. The first-order valence-electron chi connectivity index (χ1n) is 7.90. The lowest BCUT2D eigenvalue weighted by atomic mass is 10.00. The number of hydrogen-bond donors (Lipinski definition) is 2. The Morgan fingerprint density at radius 1 is 1.48 bits per heavy atom. The van der Waals surface area contributed by atoms with Crippen molar-refractivity contribution >= 4 is 5.91 Å². The molecule has 0 bridgehead atoms. The molecule has 126 valence electrons. The van der Waals surface area contributed by atoms with Gasteiger partial charge in [-0.25, -0.2) is 0 Å². The summed E-state index contributed by atoms with van der Waals surface area (Å²) in [7, 11) is 0. The largest absolute Gasteiger partial charge is 0.461 e. The van der Waals surface area contributed by atoms with Crippen molar-refractivity contribution in [1.82, 2.24) is 15.5 Å². The third-order valence-electron chi connectivity index (χ3n) is 3.88. The topological polar surface area (TPSA) is 101 Å². The molecule has 0 saturated carbocycles. The van der Waals surface area contributed by atoms with E-state index >= 15 is 0 Å². The highest BCUT2D eigenvalue weighted by Gasteiger charge is 2.17. The maximum atomic E-state index is 11.9. The Morgan fingerprint density at radius 2 is 2.30 bits per heavy atom. The van der Waals surface area contributed by atoms with Crippen LogP contribution in [0.15, 0.2) is 27.3 Å². The van der Waals surface area contributed by atoms with Gasteiger partial charge in [0.1, 0.15) is 0 Å². The normalized spacial score (nSPS) is 13.7. The highest BCUT2D eigenvalue weighted by molar-refractivity contribution is 5.76. The van der Waals surface area contributed by atoms with Gasteiger partial charge in [-0.1, -0.05) is 25.4 Å². The quantitative estimate of drug-likeness (QED) is 0.734. The minimum absolute atomic E-state index is 0.0447. The number of nitrogens with zero attached hydrogens (tertiary/aromatic N) is 2. The summed E-state index contributed by atoms with van der Waals surface area (Å²) in [5.41, 5.74) is 0. The lowest BCUT2D eigenvalue weighted by Gasteiger charge is -2.22. The fraction of sp³-hybridized carbons (Fsp3) is 0.562. The highest BCUT2D eigenvalue weighted by atomic mass is 16.5. The molecule has 0 spiro atoms. The SMILES string of the molecule is CCC(C)C(CO)NC(=O)CCCc1nc(-c2ccco2)no1. The molecule has 0 aliphatic heterocycles. The average Bonchev–Trinajstić information content (AvgIpc) is 3.22. The van der Waals surface area contributed by atoms with Crippen LogP contribution in [0.3, 0.4) is 0 Å². The van der Waals surface area contributed by atoms with E-state index < -0.39 is 0 Å². The molecule has 0 fully saturated rings. The molecule has 1 amide bonds. The summed E-state index contributed by atoms with van der Waals surface area (Å²) in [5, 5.41) is 16.0. The Kier molecular flexibility index (Phi) is 6.34. The number of aryl methyl sites for hydroxylation is 1. The first kappa shape index (κ1) is 17.2. The summed E-state index contributed by atoms with van der Waals surface area (Å²) in [6, 6.07) is 3.32. The second kappa shape index (κ2) is 8.47. The minimum atomic E-state index is -0.193.